The number of nitrogens with two attached hydrogens (primary N) is 1. The van der Waals surface area contributed by atoms with Gasteiger partial charge in [-0.05, 0) is 31.1 Å². The summed E-state index contributed by atoms with van der Waals surface area (Å²) in [7, 11) is 0. The molecule has 4 atom stereocenters. The van der Waals surface area contributed by atoms with Gasteiger partial charge in [0.05, 0.1) is 6.04 Å². The first kappa shape index (κ1) is 14.7. The summed E-state index contributed by atoms with van der Waals surface area (Å²) in [6.45, 7) is 9.06. The van der Waals surface area contributed by atoms with E-state index in [0.717, 1.165) is 12.5 Å². The third-order valence-corrected chi connectivity index (χ3v) is 3.94. The molecular formula is C14H28N2O. The van der Waals surface area contributed by atoms with Crippen LogP contribution in [-0.2, 0) is 4.79 Å². The number of Topliss-reactive ketones (excluding diaryl/α,β-unsaturated/α-hetero) is 1. The zero-order valence-corrected chi connectivity index (χ0v) is 11.7. The number of rotatable bonds is 6. The van der Waals surface area contributed by atoms with Crippen LogP contribution in [0.3, 0.4) is 0 Å². The molecule has 3 N–H and O–H groups in total. The molecule has 0 bridgehead atoms. The van der Waals surface area contributed by atoms with E-state index in [9.17, 15) is 4.79 Å². The highest BCUT2D eigenvalue weighted by atomic mass is 16.1. The van der Waals surface area contributed by atoms with Crippen LogP contribution in [0.15, 0.2) is 0 Å². The lowest BCUT2D eigenvalue weighted by molar-refractivity contribution is -0.124. The maximum atomic E-state index is 12.0. The highest BCUT2D eigenvalue weighted by Gasteiger charge is 2.25. The van der Waals surface area contributed by atoms with Gasteiger partial charge in [0.1, 0.15) is 0 Å². The van der Waals surface area contributed by atoms with Gasteiger partial charge in [0.25, 0.3) is 0 Å². The van der Waals surface area contributed by atoms with Gasteiger partial charge < -0.3 is 11.1 Å². The Morgan fingerprint density at radius 1 is 1.35 bits per heavy atom. The van der Waals surface area contributed by atoms with Crippen molar-refractivity contribution in [2.75, 3.05) is 6.54 Å². The summed E-state index contributed by atoms with van der Waals surface area (Å²) >= 11 is 0. The van der Waals surface area contributed by atoms with E-state index < -0.39 is 0 Å². The molecule has 1 aliphatic rings. The van der Waals surface area contributed by atoms with Gasteiger partial charge >= 0.3 is 0 Å². The second-order valence-corrected chi connectivity index (χ2v) is 6.10. The van der Waals surface area contributed by atoms with Gasteiger partial charge in [0, 0.05) is 18.5 Å². The number of carbonyl (C=O) groups is 1. The van der Waals surface area contributed by atoms with Crippen molar-refractivity contribution in [1.82, 2.24) is 5.32 Å². The van der Waals surface area contributed by atoms with E-state index in [1.807, 2.05) is 20.8 Å². The average Bonchev–Trinajstić information content (AvgIpc) is 2.69. The minimum absolute atomic E-state index is 0.0308. The Morgan fingerprint density at radius 2 is 2.00 bits per heavy atom. The standard InChI is InChI=1S/C14H28N2O/c1-9(2)13(15)14(17)11(4)8-16-12-6-5-10(3)7-12/h9-13,16H,5-8,15H2,1-4H3/t10?,11-,12?,13?/m1/s1. The second-order valence-electron chi connectivity index (χ2n) is 6.10. The van der Waals surface area contributed by atoms with Crippen LogP contribution in [0.25, 0.3) is 0 Å². The van der Waals surface area contributed by atoms with Gasteiger partial charge in [-0.25, -0.2) is 0 Å². The Hall–Kier alpha value is -0.410. The van der Waals surface area contributed by atoms with Crippen molar-refractivity contribution in [3.8, 4) is 0 Å². The third kappa shape index (κ3) is 4.40. The molecule has 1 saturated carbocycles. The summed E-state index contributed by atoms with van der Waals surface area (Å²) < 4.78 is 0. The van der Waals surface area contributed by atoms with Gasteiger partial charge in [0.2, 0.25) is 0 Å². The van der Waals surface area contributed by atoms with Crippen LogP contribution in [0.4, 0.5) is 0 Å². The van der Waals surface area contributed by atoms with E-state index in [2.05, 4.69) is 12.2 Å². The molecule has 0 aliphatic heterocycles. The maximum absolute atomic E-state index is 12.0. The van der Waals surface area contributed by atoms with Gasteiger partial charge in [-0.2, -0.15) is 0 Å². The Balaban J connectivity index is 2.29. The molecule has 0 heterocycles. The molecule has 3 heteroatoms. The van der Waals surface area contributed by atoms with Crippen molar-refractivity contribution in [2.45, 2.75) is 59.0 Å². The normalized spacial score (nSPS) is 28.4. The van der Waals surface area contributed by atoms with Gasteiger partial charge in [-0.3, -0.25) is 4.79 Å². The lowest BCUT2D eigenvalue weighted by atomic mass is 9.92. The molecule has 0 spiro atoms. The number of ketones is 1. The van der Waals surface area contributed by atoms with Gasteiger partial charge in [-0.1, -0.05) is 27.7 Å². The molecule has 1 rings (SSSR count). The summed E-state index contributed by atoms with van der Waals surface area (Å²) in [4.78, 5) is 12.0. The zero-order chi connectivity index (χ0) is 13.0. The first-order valence-corrected chi connectivity index (χ1v) is 6.94. The van der Waals surface area contributed by atoms with E-state index in [1.165, 1.54) is 19.3 Å². The summed E-state index contributed by atoms with van der Waals surface area (Å²) in [5.41, 5.74) is 5.89. The fourth-order valence-electron chi connectivity index (χ4n) is 2.49. The zero-order valence-electron chi connectivity index (χ0n) is 11.7. The summed E-state index contributed by atoms with van der Waals surface area (Å²) in [6.07, 6.45) is 3.81. The first-order chi connectivity index (χ1) is 7.91. The van der Waals surface area contributed by atoms with Crippen molar-refractivity contribution in [3.63, 3.8) is 0 Å². The summed E-state index contributed by atoms with van der Waals surface area (Å²) in [5.74, 6) is 1.29. The predicted octanol–water partition coefficient (Wildman–Crippen LogP) is 1.95. The van der Waals surface area contributed by atoms with E-state index in [-0.39, 0.29) is 23.7 Å². The van der Waals surface area contributed by atoms with E-state index in [1.54, 1.807) is 0 Å². The fourth-order valence-corrected chi connectivity index (χ4v) is 2.49. The number of nitrogens with one attached hydrogen (secondary N) is 1. The molecule has 0 saturated heterocycles. The van der Waals surface area contributed by atoms with Crippen LogP contribution in [0.5, 0.6) is 0 Å². The van der Waals surface area contributed by atoms with Crippen LogP contribution < -0.4 is 11.1 Å². The van der Waals surface area contributed by atoms with Gasteiger partial charge in [0.15, 0.2) is 5.78 Å². The summed E-state index contributed by atoms with van der Waals surface area (Å²) in [5, 5.41) is 3.51. The van der Waals surface area contributed by atoms with Crippen molar-refractivity contribution in [1.29, 1.82) is 0 Å². The molecule has 3 nitrogen and oxygen atoms in total. The minimum atomic E-state index is -0.311. The Morgan fingerprint density at radius 3 is 2.47 bits per heavy atom. The van der Waals surface area contributed by atoms with E-state index in [0.29, 0.717) is 6.04 Å². The van der Waals surface area contributed by atoms with Crippen molar-refractivity contribution < 1.29 is 4.79 Å². The molecule has 1 fully saturated rings. The molecule has 0 aromatic rings. The Bertz CT molecular complexity index is 253. The lowest BCUT2D eigenvalue weighted by Crippen LogP contribution is -2.43. The highest BCUT2D eigenvalue weighted by molar-refractivity contribution is 5.86. The lowest BCUT2D eigenvalue weighted by Gasteiger charge is -2.21. The van der Waals surface area contributed by atoms with E-state index in [4.69, 9.17) is 5.73 Å². The summed E-state index contributed by atoms with van der Waals surface area (Å²) in [6, 6.07) is 0.296. The largest absolute Gasteiger partial charge is 0.321 e. The first-order valence-electron chi connectivity index (χ1n) is 6.94. The Kier molecular flexibility index (Phi) is 5.60. The number of hydrogen-bond donors (Lipinski definition) is 2. The SMILES string of the molecule is CC1CCC(NC[C@@H](C)C(=O)C(N)C(C)C)C1. The molecule has 0 aromatic carbocycles. The molecule has 100 valence electrons. The van der Waals surface area contributed by atoms with Crippen LogP contribution in [0, 0.1) is 17.8 Å². The highest BCUT2D eigenvalue weighted by Crippen LogP contribution is 2.24. The molecule has 3 unspecified atom stereocenters. The fraction of sp³-hybridized carbons (Fsp3) is 0.929. The van der Waals surface area contributed by atoms with Crippen molar-refractivity contribution >= 4 is 5.78 Å². The average molecular weight is 240 g/mol. The number of carbonyl (C=O) groups excluding carboxylic acids is 1. The molecule has 1 aliphatic carbocycles. The van der Waals surface area contributed by atoms with Crippen molar-refractivity contribution in [3.05, 3.63) is 0 Å². The van der Waals surface area contributed by atoms with Crippen LogP contribution in [0.1, 0.15) is 47.0 Å². The Labute approximate surface area is 106 Å². The minimum Gasteiger partial charge on any atom is -0.321 e. The van der Waals surface area contributed by atoms with Gasteiger partial charge in [-0.15, -0.1) is 0 Å². The monoisotopic (exact) mass is 240 g/mol. The molecular weight excluding hydrogens is 212 g/mol. The van der Waals surface area contributed by atoms with Crippen LogP contribution in [0.2, 0.25) is 0 Å². The topological polar surface area (TPSA) is 55.1 Å². The smallest absolute Gasteiger partial charge is 0.153 e. The quantitative estimate of drug-likeness (QED) is 0.746. The van der Waals surface area contributed by atoms with Crippen molar-refractivity contribution in [2.24, 2.45) is 23.5 Å². The van der Waals surface area contributed by atoms with Crippen LogP contribution in [-0.4, -0.2) is 24.4 Å². The molecule has 0 amide bonds. The molecule has 0 radical (unpaired) electrons. The number of hydrogen-bond acceptors (Lipinski definition) is 3. The molecule has 17 heavy (non-hydrogen) atoms. The third-order valence-electron chi connectivity index (χ3n) is 3.94. The van der Waals surface area contributed by atoms with E-state index >= 15 is 0 Å². The maximum Gasteiger partial charge on any atom is 0.153 e. The predicted molar refractivity (Wildman–Crippen MR) is 71.8 cm³/mol. The van der Waals surface area contributed by atoms with Crippen LogP contribution >= 0.6 is 0 Å². The molecule has 0 aromatic heterocycles. The second kappa shape index (κ2) is 6.50.